The lowest BCUT2D eigenvalue weighted by Crippen LogP contribution is -2.11. The van der Waals surface area contributed by atoms with Crippen LogP contribution in [0.3, 0.4) is 0 Å². The minimum atomic E-state index is -0.540. The summed E-state index contributed by atoms with van der Waals surface area (Å²) in [6.45, 7) is 0.562. The number of rotatable bonds is 4. The highest BCUT2D eigenvalue weighted by Crippen LogP contribution is 2.34. The van der Waals surface area contributed by atoms with E-state index < -0.39 is 11.7 Å². The fourth-order valence-corrected chi connectivity index (χ4v) is 4.14. The second-order valence-electron chi connectivity index (χ2n) is 7.24. The van der Waals surface area contributed by atoms with Crippen molar-refractivity contribution in [2.45, 2.75) is 6.54 Å². The van der Waals surface area contributed by atoms with Crippen molar-refractivity contribution < 1.29 is 9.18 Å². The number of aromatic nitrogens is 1. The van der Waals surface area contributed by atoms with Crippen LogP contribution in [-0.4, -0.2) is 10.5 Å². The summed E-state index contributed by atoms with van der Waals surface area (Å²) >= 11 is 0. The summed E-state index contributed by atoms with van der Waals surface area (Å²) in [6.07, 6.45) is 0. The van der Waals surface area contributed by atoms with Crippen LogP contribution in [0.5, 0.6) is 0 Å². The molecule has 3 nitrogen and oxygen atoms in total. The summed E-state index contributed by atoms with van der Waals surface area (Å²) in [5, 5.41) is 1.20. The highest BCUT2D eigenvalue weighted by atomic mass is 19.1. The predicted octanol–water partition coefficient (Wildman–Crippen LogP) is 5.55. The molecular formula is C26H18FN2O. The molecule has 5 aromatic rings. The zero-order valence-electron chi connectivity index (χ0n) is 16.1. The maximum absolute atomic E-state index is 14.0. The van der Waals surface area contributed by atoms with E-state index in [-0.39, 0.29) is 0 Å². The van der Waals surface area contributed by atoms with Gasteiger partial charge in [0.2, 0.25) is 5.91 Å². The first-order valence-electron chi connectivity index (χ1n) is 9.69. The van der Waals surface area contributed by atoms with E-state index >= 15 is 0 Å². The molecule has 30 heavy (non-hydrogen) atoms. The Morgan fingerprint density at radius 2 is 1.63 bits per heavy atom. The third-order valence-corrected chi connectivity index (χ3v) is 5.46. The number of benzene rings is 4. The molecule has 0 aliphatic heterocycles. The highest BCUT2D eigenvalue weighted by Gasteiger charge is 2.18. The topological polar surface area (TPSA) is 48.0 Å². The number of amides is 1. The first-order valence-corrected chi connectivity index (χ1v) is 9.69. The first-order chi connectivity index (χ1) is 14.6. The van der Waals surface area contributed by atoms with Gasteiger partial charge in [-0.05, 0) is 41.0 Å². The van der Waals surface area contributed by atoms with Gasteiger partial charge >= 0.3 is 0 Å². The van der Waals surface area contributed by atoms with Crippen molar-refractivity contribution in [1.29, 1.82) is 0 Å². The predicted molar refractivity (Wildman–Crippen MR) is 118 cm³/mol. The fourth-order valence-electron chi connectivity index (χ4n) is 4.14. The summed E-state index contributed by atoms with van der Waals surface area (Å²) in [5.41, 5.74) is 11.0. The second kappa shape index (κ2) is 7.16. The number of nitrogens with zero attached hydrogens (tertiary/aromatic N) is 1. The second-order valence-corrected chi connectivity index (χ2v) is 7.24. The summed E-state index contributed by atoms with van der Waals surface area (Å²) in [7, 11) is 0. The van der Waals surface area contributed by atoms with Gasteiger partial charge < -0.3 is 10.3 Å². The van der Waals surface area contributed by atoms with E-state index in [0.717, 1.165) is 27.7 Å². The molecule has 2 N–H and O–H groups in total. The van der Waals surface area contributed by atoms with Gasteiger partial charge in [0.15, 0.2) is 0 Å². The van der Waals surface area contributed by atoms with Gasteiger partial charge in [0.05, 0.1) is 11.0 Å². The number of carbonyl (C=O) groups excluding carboxylic acids is 1. The average molecular weight is 393 g/mol. The first kappa shape index (κ1) is 18.1. The Bertz CT molecular complexity index is 1400. The molecule has 0 atom stereocenters. The van der Waals surface area contributed by atoms with Crippen LogP contribution in [0.2, 0.25) is 0 Å². The molecule has 4 heteroatoms. The van der Waals surface area contributed by atoms with Crippen molar-refractivity contribution in [3.05, 3.63) is 108 Å². The molecule has 0 bridgehead atoms. The SMILES string of the molecule is NC(=O)c1cccc2c1c1[c]c(F)ccc1n2Cc1ccccc1-c1ccccc1. The molecule has 145 valence electrons. The molecule has 1 heterocycles. The number of hydrogen-bond donors (Lipinski definition) is 1. The van der Waals surface area contributed by atoms with Gasteiger partial charge in [-0.3, -0.25) is 4.79 Å². The van der Waals surface area contributed by atoms with E-state index in [4.69, 9.17) is 5.73 Å². The van der Waals surface area contributed by atoms with Crippen LogP contribution in [-0.2, 0) is 6.54 Å². The summed E-state index contributed by atoms with van der Waals surface area (Å²) in [4.78, 5) is 12.1. The molecule has 0 saturated heterocycles. The maximum Gasteiger partial charge on any atom is 0.249 e. The molecule has 0 unspecified atom stereocenters. The van der Waals surface area contributed by atoms with Crippen molar-refractivity contribution in [2.75, 3.05) is 0 Å². The number of hydrogen-bond acceptors (Lipinski definition) is 1. The van der Waals surface area contributed by atoms with Crippen LogP contribution >= 0.6 is 0 Å². The van der Waals surface area contributed by atoms with E-state index in [9.17, 15) is 9.18 Å². The zero-order chi connectivity index (χ0) is 20.7. The normalized spacial score (nSPS) is 11.2. The lowest BCUT2D eigenvalue weighted by atomic mass is 9.99. The molecule has 5 rings (SSSR count). The standard InChI is InChI=1S/C26H18FN2O/c27-19-13-14-23-22(15-19)25-21(26(28)30)11-6-12-24(25)29(23)16-18-9-4-5-10-20(18)17-7-2-1-3-8-17/h1-14H,16H2,(H2,28,30). The molecule has 0 spiro atoms. The van der Waals surface area contributed by atoms with E-state index in [1.165, 1.54) is 6.07 Å². The largest absolute Gasteiger partial charge is 0.366 e. The summed E-state index contributed by atoms with van der Waals surface area (Å²) in [6, 6.07) is 29.7. The molecule has 0 aliphatic rings. The monoisotopic (exact) mass is 393 g/mol. The Hall–Kier alpha value is -3.92. The van der Waals surface area contributed by atoms with E-state index in [2.05, 4.69) is 34.9 Å². The molecule has 1 amide bonds. The molecule has 1 radical (unpaired) electrons. The van der Waals surface area contributed by atoms with Gasteiger partial charge in [-0.1, -0.05) is 60.7 Å². The Kier molecular flexibility index (Phi) is 4.32. The zero-order valence-corrected chi connectivity index (χ0v) is 16.1. The third kappa shape index (κ3) is 2.94. The van der Waals surface area contributed by atoms with Crippen LogP contribution in [0.25, 0.3) is 32.9 Å². The Morgan fingerprint density at radius 1 is 0.867 bits per heavy atom. The molecule has 4 aromatic carbocycles. The average Bonchev–Trinajstić information content (AvgIpc) is 3.07. The Morgan fingerprint density at radius 3 is 2.43 bits per heavy atom. The number of halogens is 1. The molecule has 1 aromatic heterocycles. The minimum Gasteiger partial charge on any atom is -0.366 e. The van der Waals surface area contributed by atoms with Crippen LogP contribution < -0.4 is 5.73 Å². The van der Waals surface area contributed by atoms with Crippen molar-refractivity contribution in [3.8, 4) is 11.1 Å². The van der Waals surface area contributed by atoms with Gasteiger partial charge in [0, 0.05) is 28.9 Å². The smallest absolute Gasteiger partial charge is 0.249 e. The van der Waals surface area contributed by atoms with Gasteiger partial charge in [-0.2, -0.15) is 0 Å². The minimum absolute atomic E-state index is 0.370. The van der Waals surface area contributed by atoms with Gasteiger partial charge in [0.25, 0.3) is 0 Å². The van der Waals surface area contributed by atoms with Crippen molar-refractivity contribution in [3.63, 3.8) is 0 Å². The molecular weight excluding hydrogens is 375 g/mol. The van der Waals surface area contributed by atoms with Crippen LogP contribution in [0.15, 0.2) is 84.9 Å². The third-order valence-electron chi connectivity index (χ3n) is 5.46. The lowest BCUT2D eigenvalue weighted by molar-refractivity contribution is 0.100. The lowest BCUT2D eigenvalue weighted by Gasteiger charge is -2.13. The number of nitrogens with two attached hydrogens (primary N) is 1. The molecule has 0 saturated carbocycles. The van der Waals surface area contributed by atoms with E-state index in [1.807, 2.05) is 36.4 Å². The summed E-state index contributed by atoms with van der Waals surface area (Å²) in [5.74, 6) is -1.01. The molecule has 0 aliphatic carbocycles. The van der Waals surface area contributed by atoms with Crippen LogP contribution in [0.1, 0.15) is 15.9 Å². The molecule has 0 fully saturated rings. The van der Waals surface area contributed by atoms with Crippen molar-refractivity contribution in [1.82, 2.24) is 4.57 Å². The quantitative estimate of drug-likeness (QED) is 0.428. The van der Waals surface area contributed by atoms with Gasteiger partial charge in [0.1, 0.15) is 5.82 Å². The fraction of sp³-hybridized carbons (Fsp3) is 0.0385. The van der Waals surface area contributed by atoms with Gasteiger partial charge in [-0.25, -0.2) is 4.39 Å². The maximum atomic E-state index is 14.0. The van der Waals surface area contributed by atoms with E-state index in [1.54, 1.807) is 18.2 Å². The van der Waals surface area contributed by atoms with Crippen molar-refractivity contribution >= 4 is 27.7 Å². The van der Waals surface area contributed by atoms with Crippen LogP contribution in [0.4, 0.5) is 4.39 Å². The van der Waals surface area contributed by atoms with Crippen molar-refractivity contribution in [2.24, 2.45) is 5.73 Å². The number of fused-ring (bicyclic) bond motifs is 3. The van der Waals surface area contributed by atoms with Crippen LogP contribution in [0, 0.1) is 11.9 Å². The van der Waals surface area contributed by atoms with Gasteiger partial charge in [-0.15, -0.1) is 0 Å². The summed E-state index contributed by atoms with van der Waals surface area (Å²) < 4.78 is 16.1. The Labute approximate surface area is 173 Å². The highest BCUT2D eigenvalue weighted by molar-refractivity contribution is 6.17. The number of primary amides is 1. The number of carbonyl (C=O) groups is 1. The van der Waals surface area contributed by atoms with E-state index in [0.29, 0.717) is 22.9 Å². The Balaban J connectivity index is 1.77.